The van der Waals surface area contributed by atoms with Gasteiger partial charge < -0.3 is 20.9 Å². The summed E-state index contributed by atoms with van der Waals surface area (Å²) < 4.78 is 0. The third-order valence-corrected chi connectivity index (χ3v) is 5.84. The van der Waals surface area contributed by atoms with E-state index in [1.54, 1.807) is 12.1 Å². The van der Waals surface area contributed by atoms with Crippen molar-refractivity contribution in [1.82, 2.24) is 0 Å². The molecule has 0 aliphatic carbocycles. The lowest BCUT2D eigenvalue weighted by Gasteiger charge is -2.28. The molecule has 3 aromatic rings. The first-order valence-electron chi connectivity index (χ1n) is 11.4. The van der Waals surface area contributed by atoms with E-state index in [4.69, 9.17) is 0 Å². The van der Waals surface area contributed by atoms with Gasteiger partial charge in [-0.1, -0.05) is 24.3 Å². The van der Waals surface area contributed by atoms with Crippen molar-refractivity contribution in [1.29, 1.82) is 0 Å². The molecule has 1 heterocycles. The van der Waals surface area contributed by atoms with Gasteiger partial charge in [0.15, 0.2) is 0 Å². The smallest absolute Gasteiger partial charge is 0.255 e. The van der Waals surface area contributed by atoms with Gasteiger partial charge >= 0.3 is 0 Å². The number of nitrogens with zero attached hydrogens (tertiary/aromatic N) is 1. The average Bonchev–Trinajstić information content (AvgIpc) is 2.86. The predicted molar refractivity (Wildman–Crippen MR) is 135 cm³/mol. The zero-order valence-corrected chi connectivity index (χ0v) is 18.9. The van der Waals surface area contributed by atoms with Crippen molar-refractivity contribution >= 4 is 34.6 Å². The molecule has 4 rings (SSSR count). The topological polar surface area (TPSA) is 73.5 Å². The van der Waals surface area contributed by atoms with Gasteiger partial charge in [0.2, 0.25) is 5.91 Å². The molecule has 0 atom stereocenters. The van der Waals surface area contributed by atoms with Crippen LogP contribution in [0.4, 0.5) is 22.7 Å². The summed E-state index contributed by atoms with van der Waals surface area (Å²) in [5.74, 6) is -0.296. The molecule has 1 fully saturated rings. The summed E-state index contributed by atoms with van der Waals surface area (Å²) >= 11 is 0. The van der Waals surface area contributed by atoms with Crippen molar-refractivity contribution in [3.8, 4) is 0 Å². The Morgan fingerprint density at radius 3 is 2.24 bits per heavy atom. The maximum absolute atomic E-state index is 12.5. The molecule has 0 bridgehead atoms. The normalized spacial score (nSPS) is 13.3. The van der Waals surface area contributed by atoms with E-state index in [2.05, 4.69) is 33.0 Å². The number of amides is 2. The highest BCUT2D eigenvalue weighted by Crippen LogP contribution is 2.23. The van der Waals surface area contributed by atoms with Gasteiger partial charge in [0, 0.05) is 41.4 Å². The summed E-state index contributed by atoms with van der Waals surface area (Å²) in [6.45, 7) is 4.28. The molecule has 1 aliphatic heterocycles. The maximum Gasteiger partial charge on any atom is 0.255 e. The Morgan fingerprint density at radius 1 is 0.818 bits per heavy atom. The summed E-state index contributed by atoms with van der Waals surface area (Å²) in [4.78, 5) is 27.3. The van der Waals surface area contributed by atoms with Crippen molar-refractivity contribution in [2.24, 2.45) is 0 Å². The lowest BCUT2D eigenvalue weighted by Crippen LogP contribution is -2.29. The van der Waals surface area contributed by atoms with Crippen LogP contribution in [0.25, 0.3) is 0 Å². The van der Waals surface area contributed by atoms with Crippen LogP contribution in [0, 0.1) is 6.92 Å². The number of anilines is 4. The second-order valence-electron chi connectivity index (χ2n) is 8.35. The Balaban J connectivity index is 1.31. The second-order valence-corrected chi connectivity index (χ2v) is 8.35. The highest BCUT2D eigenvalue weighted by molar-refractivity contribution is 6.04. The first-order chi connectivity index (χ1) is 16.1. The molecular formula is C27H30N4O2. The Kier molecular flexibility index (Phi) is 7.25. The molecule has 6 heteroatoms. The number of carbonyl (C=O) groups is 2. The Morgan fingerprint density at radius 2 is 1.52 bits per heavy atom. The van der Waals surface area contributed by atoms with Gasteiger partial charge in [-0.2, -0.15) is 0 Å². The van der Waals surface area contributed by atoms with Crippen LogP contribution in [0.5, 0.6) is 0 Å². The number of piperidine rings is 1. The van der Waals surface area contributed by atoms with E-state index in [0.717, 1.165) is 30.0 Å². The summed E-state index contributed by atoms with van der Waals surface area (Å²) in [5.41, 5.74) is 5.05. The van der Waals surface area contributed by atoms with Crippen molar-refractivity contribution in [3.05, 3.63) is 83.9 Å². The highest BCUT2D eigenvalue weighted by atomic mass is 16.2. The fraction of sp³-hybridized carbons (Fsp3) is 0.259. The van der Waals surface area contributed by atoms with E-state index >= 15 is 0 Å². The van der Waals surface area contributed by atoms with E-state index in [1.165, 1.54) is 24.9 Å². The van der Waals surface area contributed by atoms with Crippen molar-refractivity contribution in [2.45, 2.75) is 26.2 Å². The number of benzene rings is 3. The quantitative estimate of drug-likeness (QED) is 0.465. The minimum atomic E-state index is -0.170. The number of hydrogen-bond acceptors (Lipinski definition) is 4. The molecular weight excluding hydrogens is 412 g/mol. The third kappa shape index (κ3) is 6.13. The van der Waals surface area contributed by atoms with Crippen molar-refractivity contribution < 1.29 is 9.59 Å². The molecule has 170 valence electrons. The van der Waals surface area contributed by atoms with Crippen LogP contribution in [-0.2, 0) is 4.79 Å². The maximum atomic E-state index is 12.5. The molecule has 33 heavy (non-hydrogen) atoms. The third-order valence-electron chi connectivity index (χ3n) is 5.84. The van der Waals surface area contributed by atoms with E-state index in [9.17, 15) is 9.59 Å². The van der Waals surface area contributed by atoms with E-state index in [0.29, 0.717) is 11.3 Å². The fourth-order valence-electron chi connectivity index (χ4n) is 3.97. The van der Waals surface area contributed by atoms with Gasteiger partial charge in [-0.05, 0) is 80.3 Å². The Labute approximate surface area is 195 Å². The molecule has 1 saturated heterocycles. The van der Waals surface area contributed by atoms with Crippen LogP contribution in [0.3, 0.4) is 0 Å². The lowest BCUT2D eigenvalue weighted by molar-refractivity contribution is -0.114. The van der Waals surface area contributed by atoms with E-state index in [-0.39, 0.29) is 18.4 Å². The number of hydrogen-bond donors (Lipinski definition) is 3. The zero-order valence-electron chi connectivity index (χ0n) is 18.9. The first-order valence-corrected chi connectivity index (χ1v) is 11.4. The molecule has 3 aromatic carbocycles. The Hall–Kier alpha value is -3.80. The van der Waals surface area contributed by atoms with Gasteiger partial charge in [0.1, 0.15) is 0 Å². The standard InChI is InChI=1S/C27H30N4O2/c1-20-10-11-23(30-27(33)21-8-4-2-5-9-21)18-25(20)28-19-26(32)29-22-12-14-24(15-13-22)31-16-6-3-7-17-31/h2,4-5,8-15,18,28H,3,6-7,16-17,19H2,1H3,(H,29,32)(H,30,33). The monoisotopic (exact) mass is 442 g/mol. The van der Waals surface area contributed by atoms with Gasteiger partial charge in [-0.3, -0.25) is 9.59 Å². The minimum absolute atomic E-state index is 0.126. The van der Waals surface area contributed by atoms with Crippen molar-refractivity contribution in [3.63, 3.8) is 0 Å². The van der Waals surface area contributed by atoms with Crippen LogP contribution >= 0.6 is 0 Å². The van der Waals surface area contributed by atoms with Gasteiger partial charge in [0.05, 0.1) is 6.54 Å². The zero-order chi connectivity index (χ0) is 23.0. The molecule has 0 unspecified atom stereocenters. The van der Waals surface area contributed by atoms with Crippen LogP contribution in [-0.4, -0.2) is 31.4 Å². The molecule has 0 saturated carbocycles. The first kappa shape index (κ1) is 22.4. The van der Waals surface area contributed by atoms with E-state index < -0.39 is 0 Å². The predicted octanol–water partition coefficient (Wildman–Crippen LogP) is 5.29. The van der Waals surface area contributed by atoms with Gasteiger partial charge in [0.25, 0.3) is 5.91 Å². The van der Waals surface area contributed by atoms with Gasteiger partial charge in [-0.15, -0.1) is 0 Å². The summed E-state index contributed by atoms with van der Waals surface area (Å²) in [6, 6.07) is 22.7. The highest BCUT2D eigenvalue weighted by Gasteiger charge is 2.11. The van der Waals surface area contributed by atoms with E-state index in [1.807, 2.05) is 55.5 Å². The molecule has 2 amide bonds. The molecule has 0 spiro atoms. The summed E-state index contributed by atoms with van der Waals surface area (Å²) in [5, 5.41) is 9.02. The van der Waals surface area contributed by atoms with Crippen LogP contribution in [0.1, 0.15) is 35.2 Å². The van der Waals surface area contributed by atoms with Crippen LogP contribution in [0.15, 0.2) is 72.8 Å². The summed E-state index contributed by atoms with van der Waals surface area (Å²) in [7, 11) is 0. The number of nitrogens with one attached hydrogen (secondary N) is 3. The summed E-state index contributed by atoms with van der Waals surface area (Å²) in [6.07, 6.45) is 3.78. The lowest BCUT2D eigenvalue weighted by atomic mass is 10.1. The van der Waals surface area contributed by atoms with Crippen molar-refractivity contribution in [2.75, 3.05) is 40.5 Å². The molecule has 0 radical (unpaired) electrons. The largest absolute Gasteiger partial charge is 0.376 e. The second kappa shape index (κ2) is 10.7. The fourth-order valence-corrected chi connectivity index (χ4v) is 3.97. The molecule has 1 aliphatic rings. The van der Waals surface area contributed by atoms with Crippen LogP contribution in [0.2, 0.25) is 0 Å². The Bertz CT molecular complexity index is 1090. The number of rotatable bonds is 7. The number of carbonyl (C=O) groups excluding carboxylic acids is 2. The number of aryl methyl sites for hydroxylation is 1. The van der Waals surface area contributed by atoms with Crippen LogP contribution < -0.4 is 20.9 Å². The minimum Gasteiger partial charge on any atom is -0.376 e. The molecule has 3 N–H and O–H groups in total. The SMILES string of the molecule is Cc1ccc(NC(=O)c2ccccc2)cc1NCC(=O)Nc1ccc(N2CCCCC2)cc1. The average molecular weight is 443 g/mol. The van der Waals surface area contributed by atoms with Gasteiger partial charge in [-0.25, -0.2) is 0 Å². The molecule has 6 nitrogen and oxygen atoms in total. The molecule has 0 aromatic heterocycles.